The van der Waals surface area contributed by atoms with Gasteiger partial charge in [-0.3, -0.25) is 9.59 Å². The summed E-state index contributed by atoms with van der Waals surface area (Å²) in [4.78, 5) is 41.5. The van der Waals surface area contributed by atoms with Gasteiger partial charge in [0.15, 0.2) is 10.8 Å². The van der Waals surface area contributed by atoms with Gasteiger partial charge in [-0.15, -0.1) is 0 Å². The monoisotopic (exact) mass is 627 g/mol. The Morgan fingerprint density at radius 3 is 2.60 bits per heavy atom. The van der Waals surface area contributed by atoms with Gasteiger partial charge in [-0.1, -0.05) is 39.2 Å². The van der Waals surface area contributed by atoms with E-state index >= 15 is 0 Å². The van der Waals surface area contributed by atoms with Crippen molar-refractivity contribution in [3.05, 3.63) is 39.4 Å². The van der Waals surface area contributed by atoms with Crippen LogP contribution < -0.4 is 21.2 Å². The molecule has 0 radical (unpaired) electrons. The number of nitrogens with two attached hydrogens (primary N) is 1. The molecular weight excluding hydrogens is 577 g/mol. The third-order valence-electron chi connectivity index (χ3n) is 10.3. The summed E-state index contributed by atoms with van der Waals surface area (Å²) in [6.07, 6.45) is 3.42. The molecule has 4 aliphatic rings. The van der Waals surface area contributed by atoms with E-state index in [1.165, 1.54) is 0 Å². The van der Waals surface area contributed by atoms with E-state index < -0.39 is 23.7 Å². The highest BCUT2D eigenvalue weighted by atomic mass is 16.7. The molecule has 6 atom stereocenters. The maximum Gasteiger partial charge on any atom is 0.481 e. The Kier molecular flexibility index (Phi) is 10.8. The molecule has 3 saturated carbocycles. The van der Waals surface area contributed by atoms with Crippen LogP contribution in [-0.2, 0) is 18.9 Å². The number of ether oxygens (including phenoxy) is 1. The van der Waals surface area contributed by atoms with Crippen LogP contribution in [0.15, 0.2) is 23.2 Å². The van der Waals surface area contributed by atoms with Gasteiger partial charge in [-0.25, -0.2) is 15.1 Å². The minimum atomic E-state index is -0.785. The fraction of sp³-hybridized carbons (Fsp3) is 0.719. The fourth-order valence-electron chi connectivity index (χ4n) is 7.41. The molecule has 13 heteroatoms. The first-order chi connectivity index (χ1) is 21.1. The number of aliphatic imine (C=N–C) groups is 1. The Labute approximate surface area is 266 Å². The molecule has 3 aliphatic carbocycles. The molecule has 248 valence electrons. The minimum Gasteiger partial charge on any atom is -0.486 e. The lowest BCUT2D eigenvalue weighted by atomic mass is 9.43. The fourth-order valence-corrected chi connectivity index (χ4v) is 7.41. The molecular formula is C32H50BN5O7. The lowest BCUT2D eigenvalue weighted by Gasteiger charge is -2.64. The van der Waals surface area contributed by atoms with Crippen LogP contribution in [0.5, 0.6) is 5.75 Å². The Morgan fingerprint density at radius 2 is 1.96 bits per heavy atom. The summed E-state index contributed by atoms with van der Waals surface area (Å²) in [7, 11) is -0.580. The van der Waals surface area contributed by atoms with Gasteiger partial charge in [0.2, 0.25) is 5.91 Å². The third-order valence-corrected chi connectivity index (χ3v) is 10.3. The molecule has 1 aromatic carbocycles. The zero-order valence-corrected chi connectivity index (χ0v) is 27.8. The van der Waals surface area contributed by atoms with E-state index in [2.05, 4.69) is 44.9 Å². The third kappa shape index (κ3) is 8.16. The Bertz CT molecular complexity index is 1290. The van der Waals surface area contributed by atoms with Crippen molar-refractivity contribution in [3.63, 3.8) is 0 Å². The van der Waals surface area contributed by atoms with Gasteiger partial charge in [-0.05, 0) is 99.3 Å². The van der Waals surface area contributed by atoms with Crippen molar-refractivity contribution in [2.45, 2.75) is 105 Å². The predicted octanol–water partition coefficient (Wildman–Crippen LogP) is 3.93. The van der Waals surface area contributed by atoms with Crippen LogP contribution in [0, 0.1) is 53.0 Å². The van der Waals surface area contributed by atoms with Crippen LogP contribution in [0.3, 0.4) is 0 Å². The number of carbonyl (C=O) groups excluding carboxylic acids is 2. The summed E-state index contributed by atoms with van der Waals surface area (Å²) >= 11 is 0. The summed E-state index contributed by atoms with van der Waals surface area (Å²) in [5, 5.41) is 13.0. The van der Waals surface area contributed by atoms with E-state index in [0.29, 0.717) is 36.8 Å². The molecule has 0 aromatic heterocycles. The van der Waals surface area contributed by atoms with Crippen molar-refractivity contribution in [2.24, 2.45) is 39.8 Å². The number of benzene rings is 1. The molecule has 12 nitrogen and oxygen atoms in total. The number of rotatable bonds is 15. The summed E-state index contributed by atoms with van der Waals surface area (Å²) in [6, 6.07) is 5.64. The van der Waals surface area contributed by atoms with Gasteiger partial charge >= 0.3 is 7.12 Å². The first-order valence-electron chi connectivity index (χ1n) is 16.2. The van der Waals surface area contributed by atoms with Gasteiger partial charge in [0.05, 0.1) is 17.6 Å². The topological polar surface area (TPSA) is 167 Å². The van der Waals surface area contributed by atoms with Crippen molar-refractivity contribution in [2.75, 3.05) is 13.2 Å². The quantitative estimate of drug-likeness (QED) is 0.0652. The van der Waals surface area contributed by atoms with Gasteiger partial charge < -0.3 is 25.1 Å². The van der Waals surface area contributed by atoms with Crippen molar-refractivity contribution in [1.29, 1.82) is 0 Å². The van der Waals surface area contributed by atoms with Crippen molar-refractivity contribution in [1.82, 2.24) is 10.7 Å². The number of guanidine groups is 1. The second-order valence-corrected chi connectivity index (χ2v) is 14.3. The smallest absolute Gasteiger partial charge is 0.481 e. The van der Waals surface area contributed by atoms with E-state index in [4.69, 9.17) is 19.8 Å². The van der Waals surface area contributed by atoms with E-state index in [-0.39, 0.29) is 60.6 Å². The zero-order chi connectivity index (χ0) is 33.1. The molecule has 45 heavy (non-hydrogen) atoms. The SMILES string of the molecule is Cc1ccc(OCC(=O)C[C@@H](CCCN=C(N)N[N+](=O)[O-])C(=O)N[C@@H](CC(C)C)B2O[C@@H]3C[C@@H]4C[C@@H](C4(C)C)[C@]3(C)O2)cc1C. The molecule has 1 heterocycles. The van der Waals surface area contributed by atoms with Gasteiger partial charge in [-0.2, -0.15) is 0 Å². The minimum absolute atomic E-state index is 0.0122. The molecule has 1 amide bonds. The number of hydrogen-bond donors (Lipinski definition) is 3. The molecule has 1 aromatic rings. The van der Waals surface area contributed by atoms with Crippen molar-refractivity contribution in [3.8, 4) is 5.75 Å². The number of carbonyl (C=O) groups is 2. The molecule has 0 unspecified atom stereocenters. The normalized spacial score (nSPS) is 26.4. The van der Waals surface area contributed by atoms with Crippen LogP contribution in [-0.4, -0.2) is 60.6 Å². The van der Waals surface area contributed by atoms with Crippen LogP contribution >= 0.6 is 0 Å². The van der Waals surface area contributed by atoms with E-state index in [1.807, 2.05) is 37.5 Å². The molecule has 1 aliphatic heterocycles. The van der Waals surface area contributed by atoms with Gasteiger partial charge in [0.1, 0.15) is 12.4 Å². The number of amides is 1. The highest BCUT2D eigenvalue weighted by Gasteiger charge is 2.68. The number of ketones is 1. The number of nitrogens with one attached hydrogen (secondary N) is 2. The number of hydrazine groups is 1. The summed E-state index contributed by atoms with van der Waals surface area (Å²) < 4.78 is 19.0. The van der Waals surface area contributed by atoms with Crippen LogP contribution in [0.4, 0.5) is 0 Å². The summed E-state index contributed by atoms with van der Waals surface area (Å²) in [5.41, 5.74) is 9.33. The highest BCUT2D eigenvalue weighted by molar-refractivity contribution is 6.47. The van der Waals surface area contributed by atoms with E-state index in [9.17, 15) is 19.7 Å². The first kappa shape index (κ1) is 34.7. The molecule has 2 bridgehead atoms. The van der Waals surface area contributed by atoms with Gasteiger partial charge in [0.25, 0.3) is 5.96 Å². The van der Waals surface area contributed by atoms with Crippen LogP contribution in [0.2, 0.25) is 0 Å². The number of Topliss-reactive ketones (excluding diaryl/α,β-unsaturated/α-hetero) is 1. The molecule has 4 fully saturated rings. The first-order valence-corrected chi connectivity index (χ1v) is 16.2. The van der Waals surface area contributed by atoms with E-state index in [1.54, 1.807) is 0 Å². The molecule has 1 saturated heterocycles. The largest absolute Gasteiger partial charge is 0.486 e. The Morgan fingerprint density at radius 1 is 1.22 bits per heavy atom. The maximum absolute atomic E-state index is 13.8. The highest BCUT2D eigenvalue weighted by Crippen LogP contribution is 2.65. The summed E-state index contributed by atoms with van der Waals surface area (Å²) in [5.74, 6) is 0.0268. The lowest BCUT2D eigenvalue weighted by Crippen LogP contribution is -2.65. The zero-order valence-electron chi connectivity index (χ0n) is 27.8. The van der Waals surface area contributed by atoms with Crippen LogP contribution in [0.1, 0.15) is 84.3 Å². The second kappa shape index (κ2) is 14.1. The number of nitrogens with zero attached hydrogens (tertiary/aromatic N) is 2. The van der Waals surface area contributed by atoms with Crippen LogP contribution in [0.25, 0.3) is 0 Å². The molecule has 5 rings (SSSR count). The number of hydrogen-bond acceptors (Lipinski definition) is 8. The maximum atomic E-state index is 13.8. The molecule has 0 spiro atoms. The average Bonchev–Trinajstić information content (AvgIpc) is 3.31. The molecule has 4 N–H and O–H groups in total. The predicted molar refractivity (Wildman–Crippen MR) is 172 cm³/mol. The van der Waals surface area contributed by atoms with Crippen molar-refractivity contribution < 1.29 is 28.7 Å². The number of aryl methyl sites for hydroxylation is 2. The second-order valence-electron chi connectivity index (χ2n) is 14.3. The standard InChI is InChI=1S/C32H50BN5O7/c1-19(2)13-28(33-44-27-17-23-16-26(31(23,5)6)32(27,7)45-33)36-29(40)22(9-8-12-35-30(34)37-38(41)42)15-24(39)18-43-25-11-10-20(3)21(4)14-25/h10-11,14,19,22-23,26-28H,8-9,12-13,15-18H2,1-7H3,(H,36,40)(H3,34,35,37)/t22-,23+,26+,27-,28+,32+/m1/s1. The summed E-state index contributed by atoms with van der Waals surface area (Å²) in [6.45, 7) is 15.0. The Balaban J connectivity index is 1.43. The average molecular weight is 628 g/mol. The van der Waals surface area contributed by atoms with E-state index in [0.717, 1.165) is 24.0 Å². The van der Waals surface area contributed by atoms with Gasteiger partial charge in [0, 0.05) is 18.9 Å². The lowest BCUT2D eigenvalue weighted by molar-refractivity contribution is -0.525. The number of nitro groups is 1. The van der Waals surface area contributed by atoms with Crippen molar-refractivity contribution >= 4 is 24.8 Å². The Hall–Kier alpha value is -3.19.